The summed E-state index contributed by atoms with van der Waals surface area (Å²) in [7, 11) is 1.89. The lowest BCUT2D eigenvalue weighted by molar-refractivity contribution is 0.0148. The van der Waals surface area contributed by atoms with Gasteiger partial charge >= 0.3 is 0 Å². The number of morpholine rings is 1. The summed E-state index contributed by atoms with van der Waals surface area (Å²) in [6, 6.07) is 10.8. The molecule has 3 aromatic rings. The summed E-state index contributed by atoms with van der Waals surface area (Å²) in [5, 5.41) is 12.2. The fourth-order valence-corrected chi connectivity index (χ4v) is 4.30. The van der Waals surface area contributed by atoms with Crippen LogP contribution in [0.4, 0.5) is 0 Å². The van der Waals surface area contributed by atoms with Crippen molar-refractivity contribution in [3.05, 3.63) is 48.3 Å². The Hall–Kier alpha value is -2.64. The number of amides is 1. The van der Waals surface area contributed by atoms with E-state index < -0.39 is 0 Å². The van der Waals surface area contributed by atoms with Gasteiger partial charge in [0.05, 0.1) is 24.3 Å². The van der Waals surface area contributed by atoms with Crippen LogP contribution >= 0.6 is 0 Å². The molecule has 2 aromatic heterocycles. The molecule has 5 rings (SSSR count). The number of nitrogens with one attached hydrogen (secondary N) is 2. The van der Waals surface area contributed by atoms with Crippen LogP contribution in [-0.2, 0) is 11.8 Å². The first-order valence-corrected chi connectivity index (χ1v) is 9.42. The van der Waals surface area contributed by atoms with Crippen LogP contribution in [0.25, 0.3) is 16.7 Å². The molecule has 2 fully saturated rings. The molecule has 7 nitrogen and oxygen atoms in total. The van der Waals surface area contributed by atoms with Gasteiger partial charge in [-0.3, -0.25) is 14.0 Å². The van der Waals surface area contributed by atoms with Gasteiger partial charge < -0.3 is 15.4 Å². The van der Waals surface area contributed by atoms with Crippen molar-refractivity contribution < 1.29 is 9.53 Å². The number of carbonyl (C=O) groups excluding carboxylic acids is 1. The number of fused-ring (bicyclic) bond motifs is 3. The van der Waals surface area contributed by atoms with Gasteiger partial charge in [0.25, 0.3) is 5.91 Å². The Morgan fingerprint density at radius 2 is 2.00 bits per heavy atom. The average molecular weight is 365 g/mol. The van der Waals surface area contributed by atoms with Crippen molar-refractivity contribution in [2.75, 3.05) is 13.2 Å². The van der Waals surface area contributed by atoms with Crippen molar-refractivity contribution >= 4 is 16.8 Å². The number of aromatic nitrogens is 3. The number of aryl methyl sites for hydroxylation is 1. The summed E-state index contributed by atoms with van der Waals surface area (Å²) >= 11 is 0. The second-order valence-electron chi connectivity index (χ2n) is 7.52. The highest BCUT2D eigenvalue weighted by atomic mass is 16.5. The standard InChI is InChI=1S/C20H23N5O2/c1-24-7-6-19(23-24)25-10-17(16-4-2-3-5-18(16)25)20(26)22-13-8-14-11-27-12-15(9-13)21-14/h2-7,10,13-15,21H,8-9,11-12H2,1H3,(H,22,26). The highest BCUT2D eigenvalue weighted by Gasteiger charge is 2.33. The molecule has 4 heterocycles. The summed E-state index contributed by atoms with van der Waals surface area (Å²) in [5.41, 5.74) is 1.67. The van der Waals surface area contributed by atoms with Gasteiger partial charge in [-0.2, -0.15) is 5.10 Å². The zero-order valence-electron chi connectivity index (χ0n) is 15.3. The van der Waals surface area contributed by atoms with E-state index >= 15 is 0 Å². The van der Waals surface area contributed by atoms with E-state index in [4.69, 9.17) is 4.74 Å². The van der Waals surface area contributed by atoms with E-state index in [-0.39, 0.29) is 11.9 Å². The molecule has 2 N–H and O–H groups in total. The van der Waals surface area contributed by atoms with E-state index in [1.165, 1.54) is 0 Å². The molecular formula is C20H23N5O2. The molecule has 140 valence electrons. The first-order chi connectivity index (χ1) is 13.2. The van der Waals surface area contributed by atoms with Gasteiger partial charge in [0.15, 0.2) is 5.82 Å². The maximum Gasteiger partial charge on any atom is 0.253 e. The number of ether oxygens (including phenoxy) is 1. The Morgan fingerprint density at radius 1 is 1.22 bits per heavy atom. The van der Waals surface area contributed by atoms with E-state index in [1.54, 1.807) is 4.68 Å². The topological polar surface area (TPSA) is 73.1 Å². The molecule has 2 aliphatic heterocycles. The molecule has 27 heavy (non-hydrogen) atoms. The molecule has 2 bridgehead atoms. The molecular weight excluding hydrogens is 342 g/mol. The summed E-state index contributed by atoms with van der Waals surface area (Å²) in [4.78, 5) is 13.1. The minimum absolute atomic E-state index is 0.0215. The van der Waals surface area contributed by atoms with Gasteiger partial charge in [-0.05, 0) is 18.9 Å². The fourth-order valence-electron chi connectivity index (χ4n) is 4.30. The highest BCUT2D eigenvalue weighted by Crippen LogP contribution is 2.25. The maximum absolute atomic E-state index is 13.1. The van der Waals surface area contributed by atoms with Crippen LogP contribution in [0.3, 0.4) is 0 Å². The van der Waals surface area contributed by atoms with Crippen molar-refractivity contribution in [2.45, 2.75) is 31.0 Å². The van der Waals surface area contributed by atoms with Gasteiger partial charge in [-0.1, -0.05) is 18.2 Å². The van der Waals surface area contributed by atoms with Gasteiger partial charge in [-0.25, -0.2) is 0 Å². The largest absolute Gasteiger partial charge is 0.378 e. The zero-order chi connectivity index (χ0) is 18.4. The third-order valence-corrected chi connectivity index (χ3v) is 5.49. The summed E-state index contributed by atoms with van der Waals surface area (Å²) in [6.45, 7) is 1.45. The Kier molecular flexibility index (Phi) is 3.98. The molecule has 0 saturated carbocycles. The molecule has 2 saturated heterocycles. The van der Waals surface area contributed by atoms with E-state index in [2.05, 4.69) is 15.7 Å². The van der Waals surface area contributed by atoms with Crippen LogP contribution in [0, 0.1) is 0 Å². The van der Waals surface area contributed by atoms with Gasteiger partial charge in [0.2, 0.25) is 0 Å². The minimum Gasteiger partial charge on any atom is -0.378 e. The molecule has 1 aromatic carbocycles. The smallest absolute Gasteiger partial charge is 0.253 e. The van der Waals surface area contributed by atoms with Crippen LogP contribution in [0.5, 0.6) is 0 Å². The lowest BCUT2D eigenvalue weighted by atomic mass is 9.92. The first kappa shape index (κ1) is 16.5. The van der Waals surface area contributed by atoms with Crippen LogP contribution in [-0.4, -0.2) is 51.6 Å². The van der Waals surface area contributed by atoms with Crippen molar-refractivity contribution in [3.63, 3.8) is 0 Å². The van der Waals surface area contributed by atoms with Crippen molar-refractivity contribution in [2.24, 2.45) is 7.05 Å². The second kappa shape index (κ2) is 6.51. The Balaban J connectivity index is 1.45. The predicted octanol–water partition coefficient (Wildman–Crippen LogP) is 1.61. The third-order valence-electron chi connectivity index (χ3n) is 5.49. The van der Waals surface area contributed by atoms with Crippen LogP contribution in [0.1, 0.15) is 23.2 Å². The molecule has 0 spiro atoms. The van der Waals surface area contributed by atoms with Gasteiger partial charge in [-0.15, -0.1) is 0 Å². The van der Waals surface area contributed by atoms with E-state index in [9.17, 15) is 4.79 Å². The van der Waals surface area contributed by atoms with Crippen LogP contribution in [0.15, 0.2) is 42.7 Å². The minimum atomic E-state index is -0.0215. The van der Waals surface area contributed by atoms with Gasteiger partial charge in [0, 0.05) is 49.0 Å². The molecule has 0 radical (unpaired) electrons. The number of nitrogens with zero attached hydrogens (tertiary/aromatic N) is 3. The summed E-state index contributed by atoms with van der Waals surface area (Å²) in [6.07, 6.45) is 5.61. The molecule has 2 unspecified atom stereocenters. The van der Waals surface area contributed by atoms with Crippen molar-refractivity contribution in [1.82, 2.24) is 25.0 Å². The fraction of sp³-hybridized carbons (Fsp3) is 0.400. The second-order valence-corrected chi connectivity index (χ2v) is 7.52. The van der Waals surface area contributed by atoms with E-state index in [0.717, 1.165) is 42.8 Å². The Bertz CT molecular complexity index is 979. The molecule has 2 atom stereocenters. The Morgan fingerprint density at radius 3 is 2.74 bits per heavy atom. The number of hydrogen-bond donors (Lipinski definition) is 2. The Labute approximate surface area is 157 Å². The highest BCUT2D eigenvalue weighted by molar-refractivity contribution is 6.07. The maximum atomic E-state index is 13.1. The number of rotatable bonds is 3. The monoisotopic (exact) mass is 365 g/mol. The average Bonchev–Trinajstić information content (AvgIpc) is 3.25. The number of carbonyl (C=O) groups is 1. The van der Waals surface area contributed by atoms with E-state index in [0.29, 0.717) is 17.6 Å². The van der Waals surface area contributed by atoms with Crippen molar-refractivity contribution in [1.29, 1.82) is 0 Å². The molecule has 1 amide bonds. The SMILES string of the molecule is Cn1ccc(-n2cc(C(=O)NC3CC4COCC(C3)N4)c3ccccc32)n1. The van der Waals surface area contributed by atoms with Crippen LogP contribution in [0.2, 0.25) is 0 Å². The molecule has 2 aliphatic rings. The summed E-state index contributed by atoms with van der Waals surface area (Å²) < 4.78 is 9.34. The predicted molar refractivity (Wildman–Crippen MR) is 102 cm³/mol. The number of piperidine rings is 1. The number of para-hydroxylation sites is 1. The number of hydrogen-bond acceptors (Lipinski definition) is 4. The molecule has 0 aliphatic carbocycles. The van der Waals surface area contributed by atoms with Gasteiger partial charge in [0.1, 0.15) is 0 Å². The zero-order valence-corrected chi connectivity index (χ0v) is 15.3. The lowest BCUT2D eigenvalue weighted by Gasteiger charge is -2.40. The third kappa shape index (κ3) is 3.02. The lowest BCUT2D eigenvalue weighted by Crippen LogP contribution is -2.58. The first-order valence-electron chi connectivity index (χ1n) is 9.42. The van der Waals surface area contributed by atoms with Crippen molar-refractivity contribution in [3.8, 4) is 5.82 Å². The normalized spacial score (nSPS) is 24.9. The molecule has 7 heteroatoms. The van der Waals surface area contributed by atoms with E-state index in [1.807, 2.05) is 54.3 Å². The van der Waals surface area contributed by atoms with Crippen LogP contribution < -0.4 is 10.6 Å². The number of benzene rings is 1. The quantitative estimate of drug-likeness (QED) is 0.740. The summed E-state index contributed by atoms with van der Waals surface area (Å²) in [5.74, 6) is 0.785.